The van der Waals surface area contributed by atoms with Gasteiger partial charge >= 0.3 is 7.60 Å². The van der Waals surface area contributed by atoms with Crippen molar-refractivity contribution >= 4 is 15.0 Å². The van der Waals surface area contributed by atoms with Gasteiger partial charge in [-0.15, -0.1) is 0 Å². The fourth-order valence-corrected chi connectivity index (χ4v) is 6.52. The van der Waals surface area contributed by atoms with E-state index in [2.05, 4.69) is 45.9 Å². The Morgan fingerprint density at radius 3 is 1.65 bits per heavy atom. The lowest BCUT2D eigenvalue weighted by Gasteiger charge is -2.33. The molecule has 0 aliphatic heterocycles. The quantitative estimate of drug-likeness (QED) is 0.114. The van der Waals surface area contributed by atoms with Crippen molar-refractivity contribution in [3.63, 3.8) is 0 Å². The van der Waals surface area contributed by atoms with Gasteiger partial charge in [-0.05, 0) is 93.9 Å². The molecule has 0 spiro atoms. The number of rotatable bonds is 17. The molecule has 1 unspecified atom stereocenters. The third-order valence-corrected chi connectivity index (χ3v) is 11.8. The molecule has 0 aromatic heterocycles. The van der Waals surface area contributed by atoms with E-state index >= 15 is 0 Å². The molecule has 0 heterocycles. The molecule has 0 rings (SSSR count). The van der Waals surface area contributed by atoms with E-state index in [1.807, 2.05) is 13.0 Å². The second-order valence-electron chi connectivity index (χ2n) is 9.68. The number of hydrogen-bond donors (Lipinski definition) is 2. The standard InChI is InChI=1S/C26H48O6P2/c1-9-32-33(27,26(7,8)34(28,29)30)21-31-20-19-25(6)18-12-17-24(5)16-11-15-23(4)14-10-13-22(2)3/h13,15,17,19H,9-12,14,16,18,20-21H2,1-8H3,(H2,28,29,30). The molecule has 198 valence electrons. The van der Waals surface area contributed by atoms with Crippen LogP contribution in [-0.4, -0.2) is 34.2 Å². The second-order valence-corrected chi connectivity index (χ2v) is 15.2. The fraction of sp³-hybridized carbons (Fsp3) is 0.692. The van der Waals surface area contributed by atoms with Gasteiger partial charge in [-0.25, -0.2) is 0 Å². The first kappa shape index (κ1) is 33.3. The molecule has 0 amide bonds. The van der Waals surface area contributed by atoms with Gasteiger partial charge in [-0.1, -0.05) is 46.6 Å². The Labute approximate surface area is 208 Å². The minimum Gasteiger partial charge on any atom is -0.367 e. The van der Waals surface area contributed by atoms with Gasteiger partial charge in [0.1, 0.15) is 11.2 Å². The SMILES string of the molecule is CCOP(=O)(COCC=C(C)CCC=C(C)CCC=C(C)CCC=C(C)C)C(C)(C)P(=O)(O)O. The molecule has 1 atom stereocenters. The summed E-state index contributed by atoms with van der Waals surface area (Å²) in [5.41, 5.74) is 5.35. The highest BCUT2D eigenvalue weighted by atomic mass is 31.2. The van der Waals surface area contributed by atoms with Crippen molar-refractivity contribution in [1.82, 2.24) is 0 Å². The van der Waals surface area contributed by atoms with E-state index in [0.29, 0.717) is 0 Å². The van der Waals surface area contributed by atoms with Crippen molar-refractivity contribution < 1.29 is 28.2 Å². The summed E-state index contributed by atoms with van der Waals surface area (Å²) in [4.78, 5) is 17.4. The minimum atomic E-state index is -4.63. The van der Waals surface area contributed by atoms with Crippen LogP contribution in [0.1, 0.15) is 93.9 Å². The van der Waals surface area contributed by atoms with Crippen LogP contribution in [0.2, 0.25) is 0 Å². The van der Waals surface area contributed by atoms with Crippen molar-refractivity contribution in [3.05, 3.63) is 46.6 Å². The van der Waals surface area contributed by atoms with Crippen LogP contribution < -0.4 is 0 Å². The summed E-state index contributed by atoms with van der Waals surface area (Å²) in [6, 6.07) is 0. The predicted octanol–water partition coefficient (Wildman–Crippen LogP) is 8.33. The Hall–Kier alpha value is -0.740. The van der Waals surface area contributed by atoms with E-state index in [9.17, 15) is 18.9 Å². The van der Waals surface area contributed by atoms with Crippen LogP contribution in [0.5, 0.6) is 0 Å². The number of allylic oxidation sites excluding steroid dienone is 7. The van der Waals surface area contributed by atoms with Crippen molar-refractivity contribution in [2.24, 2.45) is 0 Å². The molecular formula is C26H48O6P2. The molecule has 8 heteroatoms. The summed E-state index contributed by atoms with van der Waals surface area (Å²) >= 11 is 0. The molecule has 0 aromatic rings. The normalized spacial score (nSPS) is 15.9. The van der Waals surface area contributed by atoms with E-state index in [1.165, 1.54) is 30.6 Å². The average Bonchev–Trinajstić information content (AvgIpc) is 2.70. The summed E-state index contributed by atoms with van der Waals surface area (Å²) < 4.78 is 35.7. The van der Waals surface area contributed by atoms with Crippen molar-refractivity contribution in [2.75, 3.05) is 19.6 Å². The van der Waals surface area contributed by atoms with Gasteiger partial charge in [-0.2, -0.15) is 0 Å². The van der Waals surface area contributed by atoms with E-state index in [4.69, 9.17) is 9.26 Å². The van der Waals surface area contributed by atoms with Crippen molar-refractivity contribution in [2.45, 2.75) is 98.8 Å². The smallest absolute Gasteiger partial charge is 0.340 e. The molecule has 6 nitrogen and oxygen atoms in total. The van der Waals surface area contributed by atoms with Crippen LogP contribution in [-0.2, 0) is 18.4 Å². The van der Waals surface area contributed by atoms with Gasteiger partial charge in [0.2, 0.25) is 7.37 Å². The zero-order valence-electron chi connectivity index (χ0n) is 22.6. The van der Waals surface area contributed by atoms with Gasteiger partial charge in [0.15, 0.2) is 0 Å². The molecule has 0 saturated carbocycles. The van der Waals surface area contributed by atoms with Gasteiger partial charge in [0, 0.05) is 0 Å². The maximum atomic E-state index is 13.1. The van der Waals surface area contributed by atoms with Crippen LogP contribution in [0.4, 0.5) is 0 Å². The zero-order chi connectivity index (χ0) is 26.4. The van der Waals surface area contributed by atoms with E-state index in [-0.39, 0.29) is 19.6 Å². The fourth-order valence-electron chi connectivity index (χ4n) is 3.12. The lowest BCUT2D eigenvalue weighted by molar-refractivity contribution is 0.185. The van der Waals surface area contributed by atoms with Crippen LogP contribution >= 0.6 is 15.0 Å². The maximum absolute atomic E-state index is 13.1. The van der Waals surface area contributed by atoms with E-state index < -0.39 is 19.9 Å². The highest BCUT2D eigenvalue weighted by molar-refractivity contribution is 7.75. The summed E-state index contributed by atoms with van der Waals surface area (Å²) in [7, 11) is -8.33. The number of hydrogen-bond acceptors (Lipinski definition) is 4. The molecule has 0 saturated heterocycles. The predicted molar refractivity (Wildman–Crippen MR) is 145 cm³/mol. The van der Waals surface area contributed by atoms with Crippen LogP contribution in [0.25, 0.3) is 0 Å². The van der Waals surface area contributed by atoms with Crippen LogP contribution in [0.15, 0.2) is 46.6 Å². The molecule has 0 fully saturated rings. The molecular weight excluding hydrogens is 470 g/mol. The highest BCUT2D eigenvalue weighted by Crippen LogP contribution is 2.72. The summed E-state index contributed by atoms with van der Waals surface area (Å²) in [5, 5.41) is 0. The first-order chi connectivity index (χ1) is 15.7. The van der Waals surface area contributed by atoms with Crippen molar-refractivity contribution in [1.29, 1.82) is 0 Å². The number of ether oxygens (including phenoxy) is 1. The Morgan fingerprint density at radius 1 is 0.794 bits per heavy atom. The van der Waals surface area contributed by atoms with E-state index in [1.54, 1.807) is 6.92 Å². The topological polar surface area (TPSA) is 93.1 Å². The molecule has 0 radical (unpaired) electrons. The monoisotopic (exact) mass is 518 g/mol. The van der Waals surface area contributed by atoms with Gasteiger partial charge in [0.05, 0.1) is 13.2 Å². The van der Waals surface area contributed by atoms with Gasteiger partial charge < -0.3 is 19.0 Å². The lowest BCUT2D eigenvalue weighted by atomic mass is 10.0. The Balaban J connectivity index is 4.52. The molecule has 0 aromatic carbocycles. The van der Waals surface area contributed by atoms with Crippen molar-refractivity contribution in [3.8, 4) is 0 Å². The largest absolute Gasteiger partial charge is 0.367 e. The minimum absolute atomic E-state index is 0.0931. The van der Waals surface area contributed by atoms with Crippen LogP contribution in [0, 0.1) is 0 Å². The Morgan fingerprint density at radius 2 is 1.24 bits per heavy atom. The first-order valence-corrected chi connectivity index (χ1v) is 15.6. The third-order valence-electron chi connectivity index (χ3n) is 5.85. The summed E-state index contributed by atoms with van der Waals surface area (Å²) in [5.74, 6) is 0. The zero-order valence-corrected chi connectivity index (χ0v) is 24.4. The first-order valence-electron chi connectivity index (χ1n) is 12.1. The van der Waals surface area contributed by atoms with Gasteiger partial charge in [0.25, 0.3) is 0 Å². The molecule has 0 bridgehead atoms. The van der Waals surface area contributed by atoms with Gasteiger partial charge in [-0.3, -0.25) is 9.13 Å². The molecule has 34 heavy (non-hydrogen) atoms. The Kier molecular flexibility index (Phi) is 15.7. The highest BCUT2D eigenvalue weighted by Gasteiger charge is 2.54. The maximum Gasteiger partial charge on any atom is 0.340 e. The Bertz CT molecular complexity index is 826. The molecule has 0 aliphatic carbocycles. The third kappa shape index (κ3) is 12.8. The average molecular weight is 519 g/mol. The lowest BCUT2D eigenvalue weighted by Crippen LogP contribution is -2.24. The van der Waals surface area contributed by atoms with E-state index in [0.717, 1.165) is 44.1 Å². The molecule has 2 N–H and O–H groups in total. The second kappa shape index (κ2) is 16.1. The van der Waals surface area contributed by atoms with Crippen LogP contribution in [0.3, 0.4) is 0 Å². The summed E-state index contributed by atoms with van der Waals surface area (Å²) in [6.07, 6.45) is 14.7. The molecule has 0 aliphatic rings. The summed E-state index contributed by atoms with van der Waals surface area (Å²) in [6.45, 7) is 15.2.